The van der Waals surface area contributed by atoms with Gasteiger partial charge in [0.25, 0.3) is 0 Å². The molecule has 0 saturated carbocycles. The lowest BCUT2D eigenvalue weighted by atomic mass is 10.0. The first-order valence-electron chi connectivity index (χ1n) is 6.25. The van der Waals surface area contributed by atoms with Crippen LogP contribution in [-0.2, 0) is 6.54 Å². The summed E-state index contributed by atoms with van der Waals surface area (Å²) in [5.41, 5.74) is 5.57. The van der Waals surface area contributed by atoms with Crippen LogP contribution >= 0.6 is 0 Å². The quantitative estimate of drug-likeness (QED) is 0.841. The molecule has 0 radical (unpaired) electrons. The van der Waals surface area contributed by atoms with E-state index in [1.54, 1.807) is 0 Å². The Morgan fingerprint density at radius 2 is 2.38 bits per heavy atom. The van der Waals surface area contributed by atoms with Crippen LogP contribution in [0.1, 0.15) is 26.2 Å². The van der Waals surface area contributed by atoms with E-state index in [1.807, 2.05) is 16.9 Å². The Labute approximate surface area is 97.4 Å². The Bertz CT molecular complexity index is 321. The molecule has 2 rings (SSSR count). The molecule has 1 aromatic heterocycles. The van der Waals surface area contributed by atoms with Crippen LogP contribution in [0.5, 0.6) is 0 Å². The summed E-state index contributed by atoms with van der Waals surface area (Å²) in [6.07, 6.45) is 5.87. The van der Waals surface area contributed by atoms with Crippen LogP contribution in [0.15, 0.2) is 12.3 Å². The predicted octanol–water partition coefficient (Wildman–Crippen LogP) is 1.59. The first-order valence-corrected chi connectivity index (χ1v) is 6.25. The third-order valence-electron chi connectivity index (χ3n) is 3.26. The molecule has 0 bridgehead atoms. The smallest absolute Gasteiger partial charge is 0.145 e. The number of anilines is 1. The van der Waals surface area contributed by atoms with Gasteiger partial charge in [-0.05, 0) is 44.3 Å². The molecule has 1 fully saturated rings. The molecule has 0 amide bonds. The fraction of sp³-hybridized carbons (Fsp3) is 0.750. The molecule has 0 aliphatic carbocycles. The summed E-state index contributed by atoms with van der Waals surface area (Å²) in [5, 5.41) is 4.18. The van der Waals surface area contributed by atoms with Crippen LogP contribution in [0.25, 0.3) is 0 Å². The van der Waals surface area contributed by atoms with E-state index in [0.29, 0.717) is 5.82 Å². The number of nitrogen functional groups attached to an aromatic ring is 1. The third-order valence-corrected chi connectivity index (χ3v) is 3.26. The van der Waals surface area contributed by atoms with Crippen LogP contribution in [0.4, 0.5) is 5.82 Å². The molecule has 4 nitrogen and oxygen atoms in total. The van der Waals surface area contributed by atoms with E-state index in [4.69, 9.17) is 5.73 Å². The predicted molar refractivity (Wildman–Crippen MR) is 66.1 cm³/mol. The number of likely N-dealkylation sites (tertiary alicyclic amines) is 1. The SMILES string of the molecule is CC1CCCN(CCCn2ccc(N)n2)C1. The molecular weight excluding hydrogens is 200 g/mol. The second kappa shape index (κ2) is 5.34. The zero-order chi connectivity index (χ0) is 11.4. The highest BCUT2D eigenvalue weighted by molar-refractivity contribution is 5.23. The molecule has 1 aliphatic heterocycles. The van der Waals surface area contributed by atoms with Crippen molar-refractivity contribution < 1.29 is 0 Å². The van der Waals surface area contributed by atoms with E-state index in [2.05, 4.69) is 16.9 Å². The van der Waals surface area contributed by atoms with Crippen molar-refractivity contribution in [2.75, 3.05) is 25.4 Å². The minimum absolute atomic E-state index is 0.617. The average Bonchev–Trinajstić information content (AvgIpc) is 2.64. The highest BCUT2D eigenvalue weighted by Crippen LogP contribution is 2.15. The summed E-state index contributed by atoms with van der Waals surface area (Å²) < 4.78 is 1.93. The van der Waals surface area contributed by atoms with E-state index in [-0.39, 0.29) is 0 Å². The van der Waals surface area contributed by atoms with Crippen molar-refractivity contribution in [2.45, 2.75) is 32.7 Å². The number of hydrogen-bond acceptors (Lipinski definition) is 3. The molecule has 1 aromatic rings. The molecular formula is C12H22N4. The normalized spacial score (nSPS) is 22.4. The van der Waals surface area contributed by atoms with Gasteiger partial charge in [-0.15, -0.1) is 0 Å². The fourth-order valence-corrected chi connectivity index (χ4v) is 2.45. The molecule has 1 atom stereocenters. The molecule has 1 saturated heterocycles. The van der Waals surface area contributed by atoms with Gasteiger partial charge in [0.1, 0.15) is 5.82 Å². The molecule has 2 N–H and O–H groups in total. The largest absolute Gasteiger partial charge is 0.382 e. The first kappa shape index (κ1) is 11.5. The molecule has 2 heterocycles. The van der Waals surface area contributed by atoms with Crippen LogP contribution < -0.4 is 5.73 Å². The fourth-order valence-electron chi connectivity index (χ4n) is 2.45. The number of hydrogen-bond donors (Lipinski definition) is 1. The van der Waals surface area contributed by atoms with Crippen molar-refractivity contribution in [3.05, 3.63) is 12.3 Å². The van der Waals surface area contributed by atoms with Gasteiger partial charge < -0.3 is 10.6 Å². The summed E-state index contributed by atoms with van der Waals surface area (Å²) in [5.74, 6) is 1.49. The van der Waals surface area contributed by atoms with Gasteiger partial charge in [-0.1, -0.05) is 6.92 Å². The lowest BCUT2D eigenvalue weighted by molar-refractivity contribution is 0.179. The Balaban J connectivity index is 1.67. The third kappa shape index (κ3) is 3.23. The van der Waals surface area contributed by atoms with E-state index in [0.717, 1.165) is 18.9 Å². The summed E-state index contributed by atoms with van der Waals surface area (Å²) in [4.78, 5) is 2.57. The van der Waals surface area contributed by atoms with E-state index < -0.39 is 0 Å². The summed E-state index contributed by atoms with van der Waals surface area (Å²) in [6, 6.07) is 1.85. The van der Waals surface area contributed by atoms with Crippen molar-refractivity contribution in [1.29, 1.82) is 0 Å². The molecule has 16 heavy (non-hydrogen) atoms. The lowest BCUT2D eigenvalue weighted by Gasteiger charge is -2.30. The Hall–Kier alpha value is -1.03. The lowest BCUT2D eigenvalue weighted by Crippen LogP contribution is -2.35. The van der Waals surface area contributed by atoms with Crippen molar-refractivity contribution in [1.82, 2.24) is 14.7 Å². The Morgan fingerprint density at radius 3 is 3.06 bits per heavy atom. The molecule has 1 unspecified atom stereocenters. The number of nitrogens with two attached hydrogens (primary N) is 1. The monoisotopic (exact) mass is 222 g/mol. The minimum atomic E-state index is 0.617. The molecule has 0 spiro atoms. The van der Waals surface area contributed by atoms with Gasteiger partial charge in [0.15, 0.2) is 0 Å². The molecule has 0 aromatic carbocycles. The van der Waals surface area contributed by atoms with Gasteiger partial charge in [-0.25, -0.2) is 0 Å². The van der Waals surface area contributed by atoms with Crippen LogP contribution in [0, 0.1) is 5.92 Å². The summed E-state index contributed by atoms with van der Waals surface area (Å²) in [6.45, 7) is 7.04. The van der Waals surface area contributed by atoms with Gasteiger partial charge in [0.2, 0.25) is 0 Å². The van der Waals surface area contributed by atoms with E-state index >= 15 is 0 Å². The maximum Gasteiger partial charge on any atom is 0.145 e. The Kier molecular flexibility index (Phi) is 3.83. The highest BCUT2D eigenvalue weighted by atomic mass is 15.3. The van der Waals surface area contributed by atoms with Crippen molar-refractivity contribution in [3.8, 4) is 0 Å². The zero-order valence-corrected chi connectivity index (χ0v) is 10.1. The van der Waals surface area contributed by atoms with Crippen LogP contribution in [0.2, 0.25) is 0 Å². The summed E-state index contributed by atoms with van der Waals surface area (Å²) in [7, 11) is 0. The topological polar surface area (TPSA) is 47.1 Å². The first-order chi connectivity index (χ1) is 7.74. The second-order valence-electron chi connectivity index (χ2n) is 4.91. The minimum Gasteiger partial charge on any atom is -0.382 e. The van der Waals surface area contributed by atoms with Crippen LogP contribution in [0.3, 0.4) is 0 Å². The number of aryl methyl sites for hydroxylation is 1. The molecule has 1 aliphatic rings. The second-order valence-corrected chi connectivity index (χ2v) is 4.91. The van der Waals surface area contributed by atoms with Crippen molar-refractivity contribution >= 4 is 5.82 Å². The zero-order valence-electron chi connectivity index (χ0n) is 10.1. The van der Waals surface area contributed by atoms with E-state index in [1.165, 1.54) is 32.5 Å². The van der Waals surface area contributed by atoms with Gasteiger partial charge in [0, 0.05) is 19.3 Å². The van der Waals surface area contributed by atoms with Gasteiger partial charge in [-0.2, -0.15) is 5.10 Å². The van der Waals surface area contributed by atoms with Gasteiger partial charge in [-0.3, -0.25) is 4.68 Å². The maximum absolute atomic E-state index is 5.57. The van der Waals surface area contributed by atoms with Crippen molar-refractivity contribution in [2.24, 2.45) is 5.92 Å². The van der Waals surface area contributed by atoms with Crippen molar-refractivity contribution in [3.63, 3.8) is 0 Å². The number of aromatic nitrogens is 2. The van der Waals surface area contributed by atoms with Gasteiger partial charge in [0.05, 0.1) is 0 Å². The average molecular weight is 222 g/mol. The highest BCUT2D eigenvalue weighted by Gasteiger charge is 2.15. The summed E-state index contributed by atoms with van der Waals surface area (Å²) >= 11 is 0. The molecule has 90 valence electrons. The number of piperidine rings is 1. The van der Waals surface area contributed by atoms with Gasteiger partial charge >= 0.3 is 0 Å². The Morgan fingerprint density at radius 1 is 1.50 bits per heavy atom. The van der Waals surface area contributed by atoms with E-state index in [9.17, 15) is 0 Å². The number of rotatable bonds is 4. The standard InChI is InChI=1S/C12H22N4/c1-11-4-2-6-15(10-11)7-3-8-16-9-5-12(13)14-16/h5,9,11H,2-4,6-8,10H2,1H3,(H2,13,14). The number of nitrogens with zero attached hydrogens (tertiary/aromatic N) is 3. The molecule has 4 heteroatoms. The maximum atomic E-state index is 5.57. The van der Waals surface area contributed by atoms with Crippen LogP contribution in [-0.4, -0.2) is 34.3 Å².